The molecule has 0 N–H and O–H groups in total. The third-order valence-electron chi connectivity index (χ3n) is 5.94. The van der Waals surface area contributed by atoms with E-state index in [4.69, 9.17) is 9.47 Å². The molecule has 0 radical (unpaired) electrons. The zero-order chi connectivity index (χ0) is 23.7. The topological polar surface area (TPSA) is 59.1 Å². The van der Waals surface area contributed by atoms with E-state index in [-0.39, 0.29) is 22.6 Å². The van der Waals surface area contributed by atoms with E-state index >= 15 is 0 Å². The first-order valence-corrected chi connectivity index (χ1v) is 12.9. The van der Waals surface area contributed by atoms with Crippen molar-refractivity contribution in [3.05, 3.63) is 83.9 Å². The monoisotopic (exact) mass is 492 g/mol. The fourth-order valence-electron chi connectivity index (χ4n) is 4.21. The molecule has 8 heteroatoms. The van der Waals surface area contributed by atoms with Crippen molar-refractivity contribution in [3.63, 3.8) is 0 Å². The second-order valence-corrected chi connectivity index (χ2v) is 10.1. The molecule has 2 heterocycles. The SMILES string of the molecule is COc1ccc(N2C(=O)CS[C@@H]2c2ccc([C@@H]3SCC(=O)N3c3ccc(OC)cc3)cc2)cc1. The summed E-state index contributed by atoms with van der Waals surface area (Å²) < 4.78 is 10.5. The number of anilines is 2. The standard InChI is InChI=1S/C26H24N2O4S2/c1-31-21-11-7-19(8-12-21)27-23(29)15-33-25(27)17-3-5-18(6-4-17)26-28(24(30)16-34-26)20-9-13-22(32-2)14-10-20/h3-14,25-26H,15-16H2,1-2H3/t25-,26+. The third kappa shape index (κ3) is 4.23. The van der Waals surface area contributed by atoms with Gasteiger partial charge in [-0.2, -0.15) is 0 Å². The average Bonchev–Trinajstić information content (AvgIpc) is 3.46. The lowest BCUT2D eigenvalue weighted by molar-refractivity contribution is -0.116. The van der Waals surface area contributed by atoms with Crippen LogP contribution in [0.5, 0.6) is 11.5 Å². The number of methoxy groups -OCH3 is 2. The summed E-state index contributed by atoms with van der Waals surface area (Å²) >= 11 is 3.24. The van der Waals surface area contributed by atoms with E-state index in [1.165, 1.54) is 0 Å². The number of benzene rings is 3. The highest BCUT2D eigenvalue weighted by Crippen LogP contribution is 2.45. The largest absolute Gasteiger partial charge is 0.497 e. The van der Waals surface area contributed by atoms with Crippen molar-refractivity contribution in [1.29, 1.82) is 0 Å². The fraction of sp³-hybridized carbons (Fsp3) is 0.231. The van der Waals surface area contributed by atoms with E-state index in [9.17, 15) is 9.59 Å². The molecule has 6 nitrogen and oxygen atoms in total. The molecule has 0 bridgehead atoms. The number of carbonyl (C=O) groups is 2. The number of hydrogen-bond acceptors (Lipinski definition) is 6. The fourth-order valence-corrected chi connectivity index (χ4v) is 6.57. The number of ether oxygens (including phenoxy) is 2. The lowest BCUT2D eigenvalue weighted by Gasteiger charge is -2.26. The summed E-state index contributed by atoms with van der Waals surface area (Å²) in [4.78, 5) is 29.1. The van der Waals surface area contributed by atoms with Gasteiger partial charge in [0, 0.05) is 11.4 Å². The second-order valence-electron chi connectivity index (χ2n) is 7.92. The van der Waals surface area contributed by atoms with Crippen molar-refractivity contribution in [1.82, 2.24) is 0 Å². The Labute approximate surface area is 207 Å². The Kier molecular flexibility index (Phi) is 6.43. The molecule has 0 spiro atoms. The van der Waals surface area contributed by atoms with Gasteiger partial charge in [-0.3, -0.25) is 19.4 Å². The van der Waals surface area contributed by atoms with Crippen LogP contribution >= 0.6 is 23.5 Å². The summed E-state index contributed by atoms with van der Waals surface area (Å²) in [5.41, 5.74) is 3.82. The Morgan fingerprint density at radius 2 is 0.971 bits per heavy atom. The van der Waals surface area contributed by atoms with Crippen LogP contribution in [-0.2, 0) is 9.59 Å². The lowest BCUT2D eigenvalue weighted by Crippen LogP contribution is -2.28. The van der Waals surface area contributed by atoms with Crippen LogP contribution in [0.2, 0.25) is 0 Å². The highest BCUT2D eigenvalue weighted by Gasteiger charge is 2.36. The quantitative estimate of drug-likeness (QED) is 0.468. The van der Waals surface area contributed by atoms with Crippen LogP contribution in [0, 0.1) is 0 Å². The molecule has 0 aromatic heterocycles. The van der Waals surface area contributed by atoms with Crippen LogP contribution in [-0.4, -0.2) is 37.5 Å². The van der Waals surface area contributed by atoms with Crippen LogP contribution in [0.4, 0.5) is 11.4 Å². The van der Waals surface area contributed by atoms with Crippen molar-refractivity contribution < 1.29 is 19.1 Å². The highest BCUT2D eigenvalue weighted by molar-refractivity contribution is 8.01. The summed E-state index contributed by atoms with van der Waals surface area (Å²) in [6.45, 7) is 0. The van der Waals surface area contributed by atoms with Gasteiger partial charge in [-0.25, -0.2) is 0 Å². The van der Waals surface area contributed by atoms with E-state index < -0.39 is 0 Å². The van der Waals surface area contributed by atoms with Crippen molar-refractivity contribution >= 4 is 46.7 Å². The molecule has 2 fully saturated rings. The number of rotatable bonds is 6. The number of amides is 2. The van der Waals surface area contributed by atoms with Crippen LogP contribution < -0.4 is 19.3 Å². The minimum atomic E-state index is -0.0921. The minimum Gasteiger partial charge on any atom is -0.497 e. The predicted octanol–water partition coefficient (Wildman–Crippen LogP) is 5.26. The van der Waals surface area contributed by atoms with E-state index in [0.717, 1.165) is 34.0 Å². The maximum atomic E-state index is 12.7. The van der Waals surface area contributed by atoms with Gasteiger partial charge in [0.05, 0.1) is 25.7 Å². The zero-order valence-corrected chi connectivity index (χ0v) is 20.5. The van der Waals surface area contributed by atoms with Gasteiger partial charge in [-0.1, -0.05) is 24.3 Å². The minimum absolute atomic E-state index is 0.0897. The first kappa shape index (κ1) is 22.7. The summed E-state index contributed by atoms with van der Waals surface area (Å²) in [6, 6.07) is 23.4. The maximum absolute atomic E-state index is 12.7. The van der Waals surface area contributed by atoms with E-state index in [1.54, 1.807) is 37.7 Å². The molecule has 2 aliphatic heterocycles. The van der Waals surface area contributed by atoms with Crippen LogP contribution in [0.25, 0.3) is 0 Å². The summed E-state index contributed by atoms with van der Waals surface area (Å²) in [7, 11) is 3.25. The first-order chi connectivity index (χ1) is 16.6. The number of nitrogens with zero attached hydrogens (tertiary/aromatic N) is 2. The molecular formula is C26H24N2O4S2. The zero-order valence-electron chi connectivity index (χ0n) is 18.8. The van der Waals surface area contributed by atoms with Crippen molar-refractivity contribution in [2.24, 2.45) is 0 Å². The van der Waals surface area contributed by atoms with Gasteiger partial charge in [0.1, 0.15) is 22.2 Å². The Morgan fingerprint density at radius 1 is 0.618 bits per heavy atom. The Bertz CT molecular complexity index is 1090. The van der Waals surface area contributed by atoms with Crippen molar-refractivity contribution in [3.8, 4) is 11.5 Å². The molecule has 2 aliphatic rings. The first-order valence-electron chi connectivity index (χ1n) is 10.8. The smallest absolute Gasteiger partial charge is 0.238 e. The lowest BCUT2D eigenvalue weighted by atomic mass is 10.1. The molecule has 2 amide bonds. The van der Waals surface area contributed by atoms with E-state index in [2.05, 4.69) is 24.3 Å². The molecule has 2 saturated heterocycles. The summed E-state index contributed by atoms with van der Waals surface area (Å²) in [5.74, 6) is 2.58. The second kappa shape index (κ2) is 9.64. The Morgan fingerprint density at radius 3 is 1.29 bits per heavy atom. The van der Waals surface area contributed by atoms with Crippen molar-refractivity contribution in [2.75, 3.05) is 35.5 Å². The number of carbonyl (C=O) groups excluding carboxylic acids is 2. The van der Waals surface area contributed by atoms with Gasteiger partial charge in [0.15, 0.2) is 0 Å². The van der Waals surface area contributed by atoms with Gasteiger partial charge < -0.3 is 9.47 Å². The molecular weight excluding hydrogens is 468 g/mol. The molecule has 3 aromatic carbocycles. The third-order valence-corrected chi connectivity index (χ3v) is 8.37. The number of hydrogen-bond donors (Lipinski definition) is 0. The summed E-state index contributed by atoms with van der Waals surface area (Å²) in [6.07, 6.45) is 0. The molecule has 34 heavy (non-hydrogen) atoms. The average molecular weight is 493 g/mol. The van der Waals surface area contributed by atoms with E-state index in [0.29, 0.717) is 11.5 Å². The molecule has 0 aliphatic carbocycles. The van der Waals surface area contributed by atoms with Crippen LogP contribution in [0.15, 0.2) is 72.8 Å². The van der Waals surface area contributed by atoms with Gasteiger partial charge in [0.2, 0.25) is 11.8 Å². The summed E-state index contributed by atoms with van der Waals surface area (Å²) in [5, 5.41) is -0.184. The van der Waals surface area contributed by atoms with Gasteiger partial charge >= 0.3 is 0 Å². The van der Waals surface area contributed by atoms with Crippen LogP contribution in [0.1, 0.15) is 21.9 Å². The molecule has 3 aromatic rings. The molecule has 2 atom stereocenters. The maximum Gasteiger partial charge on any atom is 0.238 e. The predicted molar refractivity (Wildman–Crippen MR) is 138 cm³/mol. The van der Waals surface area contributed by atoms with Crippen molar-refractivity contribution in [2.45, 2.75) is 10.7 Å². The molecule has 174 valence electrons. The highest BCUT2D eigenvalue weighted by atomic mass is 32.2. The van der Waals surface area contributed by atoms with Gasteiger partial charge in [-0.15, -0.1) is 23.5 Å². The molecule has 5 rings (SSSR count). The van der Waals surface area contributed by atoms with E-state index in [1.807, 2.05) is 58.3 Å². The van der Waals surface area contributed by atoms with Gasteiger partial charge in [0.25, 0.3) is 0 Å². The van der Waals surface area contributed by atoms with Gasteiger partial charge in [-0.05, 0) is 59.7 Å². The Hall–Kier alpha value is -3.10. The normalized spacial score (nSPS) is 20.2. The van der Waals surface area contributed by atoms with Crippen LogP contribution in [0.3, 0.4) is 0 Å². The molecule has 0 saturated carbocycles. The number of thioether (sulfide) groups is 2. The Balaban J connectivity index is 1.39. The molecule has 0 unspecified atom stereocenters.